The Hall–Kier alpha value is -1.00. The van der Waals surface area contributed by atoms with Gasteiger partial charge in [0.2, 0.25) is 5.91 Å². The van der Waals surface area contributed by atoms with E-state index in [1.807, 2.05) is 18.8 Å². The van der Waals surface area contributed by atoms with E-state index in [-0.39, 0.29) is 5.25 Å². The van der Waals surface area contributed by atoms with Crippen LogP contribution in [0.3, 0.4) is 0 Å². The summed E-state index contributed by atoms with van der Waals surface area (Å²) in [6.45, 7) is 2.85. The number of amides is 1. The van der Waals surface area contributed by atoms with E-state index < -0.39 is 0 Å². The number of fused-ring (bicyclic) bond motifs is 1. The van der Waals surface area contributed by atoms with Gasteiger partial charge in [-0.15, -0.1) is 11.8 Å². The summed E-state index contributed by atoms with van der Waals surface area (Å²) in [4.78, 5) is 14.9. The molecule has 0 aliphatic carbocycles. The number of carbonyl (C=O) groups is 1. The van der Waals surface area contributed by atoms with Crippen LogP contribution in [0.4, 0.5) is 0 Å². The van der Waals surface area contributed by atoms with E-state index in [2.05, 4.69) is 34.5 Å². The number of rotatable bonds is 3. The molecule has 0 unspecified atom stereocenters. The van der Waals surface area contributed by atoms with Gasteiger partial charge in [0, 0.05) is 13.1 Å². The van der Waals surface area contributed by atoms with Crippen molar-refractivity contribution in [3.05, 3.63) is 35.4 Å². The quantitative estimate of drug-likeness (QED) is 0.925. The van der Waals surface area contributed by atoms with Crippen molar-refractivity contribution >= 4 is 17.7 Å². The summed E-state index contributed by atoms with van der Waals surface area (Å²) in [7, 11) is 1.98. The van der Waals surface area contributed by atoms with Gasteiger partial charge in [-0.1, -0.05) is 24.3 Å². The van der Waals surface area contributed by atoms with Gasteiger partial charge in [-0.05, 0) is 49.2 Å². The molecule has 20 heavy (non-hydrogen) atoms. The summed E-state index contributed by atoms with van der Waals surface area (Å²) in [6.07, 6.45) is 2.22. The van der Waals surface area contributed by atoms with Crippen molar-refractivity contribution in [2.24, 2.45) is 5.92 Å². The molecule has 0 bridgehead atoms. The maximum Gasteiger partial charge on any atom is 0.240 e. The summed E-state index contributed by atoms with van der Waals surface area (Å²) in [5.74, 6) is 2.00. The molecule has 0 saturated carbocycles. The largest absolute Gasteiger partial charge is 0.341 e. The van der Waals surface area contributed by atoms with Gasteiger partial charge < -0.3 is 10.2 Å². The van der Waals surface area contributed by atoms with Crippen molar-refractivity contribution in [3.63, 3.8) is 0 Å². The highest BCUT2D eigenvalue weighted by molar-refractivity contribution is 8.00. The zero-order valence-corrected chi connectivity index (χ0v) is 12.8. The molecule has 3 nitrogen and oxygen atoms in total. The van der Waals surface area contributed by atoms with Crippen molar-refractivity contribution < 1.29 is 4.79 Å². The highest BCUT2D eigenvalue weighted by Gasteiger charge is 2.33. The molecule has 1 aromatic carbocycles. The summed E-state index contributed by atoms with van der Waals surface area (Å²) in [5.41, 5.74) is 2.60. The van der Waals surface area contributed by atoms with Crippen LogP contribution in [-0.2, 0) is 11.2 Å². The molecule has 1 amide bonds. The SMILES string of the molecule is CNC[C@@H]1CCN(C(=O)[C@@H]2SCCc3ccccc32)C1. The Kier molecular flexibility index (Phi) is 4.32. The zero-order chi connectivity index (χ0) is 13.9. The Morgan fingerprint density at radius 2 is 2.30 bits per heavy atom. The summed E-state index contributed by atoms with van der Waals surface area (Å²) < 4.78 is 0. The van der Waals surface area contributed by atoms with E-state index in [1.165, 1.54) is 11.1 Å². The van der Waals surface area contributed by atoms with Crippen LogP contribution < -0.4 is 5.32 Å². The van der Waals surface area contributed by atoms with E-state index in [4.69, 9.17) is 0 Å². The minimum atomic E-state index is 0.0216. The average molecular weight is 290 g/mol. The Morgan fingerprint density at radius 1 is 1.45 bits per heavy atom. The molecule has 2 aliphatic heterocycles. The predicted octanol–water partition coefficient (Wildman–Crippen LogP) is 2.08. The van der Waals surface area contributed by atoms with Gasteiger partial charge >= 0.3 is 0 Å². The minimum absolute atomic E-state index is 0.0216. The molecule has 4 heteroatoms. The van der Waals surface area contributed by atoms with E-state index in [0.29, 0.717) is 11.8 Å². The number of aryl methyl sites for hydroxylation is 1. The third-order valence-electron chi connectivity index (χ3n) is 4.31. The number of thioether (sulfide) groups is 1. The molecular formula is C16H22N2OS. The fourth-order valence-corrected chi connectivity index (χ4v) is 4.53. The van der Waals surface area contributed by atoms with Gasteiger partial charge in [-0.3, -0.25) is 4.79 Å². The lowest BCUT2D eigenvalue weighted by Crippen LogP contribution is -2.34. The Balaban J connectivity index is 1.73. The van der Waals surface area contributed by atoms with Crippen LogP contribution in [0.25, 0.3) is 0 Å². The smallest absolute Gasteiger partial charge is 0.240 e. The zero-order valence-electron chi connectivity index (χ0n) is 12.0. The fourth-order valence-electron chi connectivity index (χ4n) is 3.25. The molecule has 1 N–H and O–H groups in total. The average Bonchev–Trinajstić information content (AvgIpc) is 2.95. The van der Waals surface area contributed by atoms with Gasteiger partial charge in [-0.2, -0.15) is 0 Å². The molecule has 0 radical (unpaired) electrons. The Bertz CT molecular complexity index is 491. The maximum atomic E-state index is 12.8. The minimum Gasteiger partial charge on any atom is -0.341 e. The summed E-state index contributed by atoms with van der Waals surface area (Å²) >= 11 is 1.81. The third kappa shape index (κ3) is 2.72. The number of hydrogen-bond donors (Lipinski definition) is 1. The fraction of sp³-hybridized carbons (Fsp3) is 0.562. The van der Waals surface area contributed by atoms with Crippen molar-refractivity contribution in [1.82, 2.24) is 10.2 Å². The van der Waals surface area contributed by atoms with Crippen LogP contribution in [0.2, 0.25) is 0 Å². The molecule has 0 aromatic heterocycles. The van der Waals surface area contributed by atoms with Crippen LogP contribution in [0.5, 0.6) is 0 Å². The molecule has 108 valence electrons. The summed E-state index contributed by atoms with van der Waals surface area (Å²) in [6, 6.07) is 8.43. The second-order valence-corrected chi connectivity index (χ2v) is 6.91. The monoisotopic (exact) mass is 290 g/mol. The highest BCUT2D eigenvalue weighted by Crippen LogP contribution is 2.38. The van der Waals surface area contributed by atoms with Gasteiger partial charge in [-0.25, -0.2) is 0 Å². The first kappa shape index (κ1) is 14.0. The number of likely N-dealkylation sites (tertiary alicyclic amines) is 1. The van der Waals surface area contributed by atoms with Gasteiger partial charge in [0.1, 0.15) is 5.25 Å². The molecule has 1 saturated heterocycles. The standard InChI is InChI=1S/C16H22N2OS/c1-17-10-12-6-8-18(11-12)16(19)15-14-5-3-2-4-13(14)7-9-20-15/h2-5,12,15,17H,6-11H2,1H3/t12-,15+/m0/s1. The Morgan fingerprint density at radius 3 is 3.15 bits per heavy atom. The first-order valence-corrected chi connectivity index (χ1v) is 8.47. The van der Waals surface area contributed by atoms with E-state index >= 15 is 0 Å². The first-order chi connectivity index (χ1) is 9.79. The molecule has 1 aromatic rings. The topological polar surface area (TPSA) is 32.3 Å². The molecule has 1 fully saturated rings. The van der Waals surface area contributed by atoms with Gasteiger partial charge in [0.15, 0.2) is 0 Å². The van der Waals surface area contributed by atoms with E-state index in [0.717, 1.165) is 38.2 Å². The number of nitrogens with one attached hydrogen (secondary N) is 1. The normalized spacial score (nSPS) is 25.6. The second kappa shape index (κ2) is 6.19. The van der Waals surface area contributed by atoms with Crippen LogP contribution in [-0.4, -0.2) is 43.2 Å². The maximum absolute atomic E-state index is 12.8. The van der Waals surface area contributed by atoms with Crippen LogP contribution in [0, 0.1) is 5.92 Å². The molecule has 3 rings (SSSR count). The second-order valence-electron chi connectivity index (χ2n) is 5.70. The van der Waals surface area contributed by atoms with Crippen LogP contribution in [0.1, 0.15) is 22.8 Å². The molecule has 2 heterocycles. The first-order valence-electron chi connectivity index (χ1n) is 7.42. The van der Waals surface area contributed by atoms with Gasteiger partial charge in [0.25, 0.3) is 0 Å². The molecular weight excluding hydrogens is 268 g/mol. The number of nitrogens with zero attached hydrogens (tertiary/aromatic N) is 1. The van der Waals surface area contributed by atoms with Crippen molar-refractivity contribution in [3.8, 4) is 0 Å². The van der Waals surface area contributed by atoms with Gasteiger partial charge in [0.05, 0.1) is 0 Å². The van der Waals surface area contributed by atoms with Crippen molar-refractivity contribution in [1.29, 1.82) is 0 Å². The molecule has 2 atom stereocenters. The number of carbonyl (C=O) groups excluding carboxylic acids is 1. The lowest BCUT2D eigenvalue weighted by atomic mass is 10.0. The highest BCUT2D eigenvalue weighted by atomic mass is 32.2. The molecule has 0 spiro atoms. The van der Waals surface area contributed by atoms with E-state index in [9.17, 15) is 4.79 Å². The van der Waals surface area contributed by atoms with Crippen LogP contribution >= 0.6 is 11.8 Å². The lowest BCUT2D eigenvalue weighted by molar-refractivity contribution is -0.129. The van der Waals surface area contributed by atoms with E-state index in [1.54, 1.807) is 0 Å². The van der Waals surface area contributed by atoms with Crippen molar-refractivity contribution in [2.45, 2.75) is 18.1 Å². The summed E-state index contributed by atoms with van der Waals surface area (Å²) in [5, 5.41) is 3.24. The Labute approximate surface area is 125 Å². The third-order valence-corrected chi connectivity index (χ3v) is 5.54. The van der Waals surface area contributed by atoms with Crippen LogP contribution in [0.15, 0.2) is 24.3 Å². The lowest BCUT2D eigenvalue weighted by Gasteiger charge is -2.28. The van der Waals surface area contributed by atoms with Crippen molar-refractivity contribution in [2.75, 3.05) is 32.4 Å². The number of hydrogen-bond acceptors (Lipinski definition) is 3. The number of benzene rings is 1. The predicted molar refractivity (Wildman–Crippen MR) is 84.0 cm³/mol. The molecule has 2 aliphatic rings.